The highest BCUT2D eigenvalue weighted by Gasteiger charge is 2.25. The van der Waals surface area contributed by atoms with Crippen LogP contribution in [0.1, 0.15) is 29.8 Å². The molecule has 2 aromatic carbocycles. The van der Waals surface area contributed by atoms with Crippen molar-refractivity contribution in [3.63, 3.8) is 0 Å². The van der Waals surface area contributed by atoms with Gasteiger partial charge in [-0.25, -0.2) is 9.82 Å². The monoisotopic (exact) mass is 435 g/mol. The van der Waals surface area contributed by atoms with Crippen molar-refractivity contribution in [2.75, 3.05) is 0 Å². The lowest BCUT2D eigenvalue weighted by molar-refractivity contribution is -0.123. The number of hydrogen-bond donors (Lipinski definition) is 3. The smallest absolute Gasteiger partial charge is 0.262 e. The van der Waals surface area contributed by atoms with Crippen molar-refractivity contribution in [2.24, 2.45) is 11.0 Å². The van der Waals surface area contributed by atoms with Gasteiger partial charge in [0.1, 0.15) is 17.6 Å². The first kappa shape index (κ1) is 20.6. The lowest BCUT2D eigenvalue weighted by atomic mass is 10.0. The summed E-state index contributed by atoms with van der Waals surface area (Å²) in [6.45, 7) is 3.49. The molecule has 27 heavy (non-hydrogen) atoms. The Hall–Kier alpha value is -2.74. The molecule has 0 heterocycles. The Morgan fingerprint density at radius 1 is 1.22 bits per heavy atom. The normalized spacial score (nSPS) is 12.2. The molecule has 8 heteroatoms. The van der Waals surface area contributed by atoms with Gasteiger partial charge in [-0.15, -0.1) is 0 Å². The first-order valence-corrected chi connectivity index (χ1v) is 8.95. The van der Waals surface area contributed by atoms with Crippen LogP contribution < -0.4 is 10.7 Å². The number of phenolic OH excluding ortho intramolecular Hbond substituents is 1. The van der Waals surface area contributed by atoms with Crippen LogP contribution in [-0.2, 0) is 4.79 Å². The van der Waals surface area contributed by atoms with Gasteiger partial charge in [-0.3, -0.25) is 9.59 Å². The van der Waals surface area contributed by atoms with Gasteiger partial charge in [0.2, 0.25) is 0 Å². The fourth-order valence-corrected chi connectivity index (χ4v) is 2.64. The molecule has 1 atom stereocenters. The Labute approximate surface area is 164 Å². The van der Waals surface area contributed by atoms with Crippen molar-refractivity contribution in [3.8, 4) is 5.75 Å². The van der Waals surface area contributed by atoms with E-state index in [1.807, 2.05) is 0 Å². The van der Waals surface area contributed by atoms with E-state index in [1.165, 1.54) is 36.5 Å². The summed E-state index contributed by atoms with van der Waals surface area (Å²) >= 11 is 3.28. The van der Waals surface area contributed by atoms with Crippen molar-refractivity contribution < 1.29 is 19.1 Å². The van der Waals surface area contributed by atoms with Gasteiger partial charge >= 0.3 is 0 Å². The van der Waals surface area contributed by atoms with Crippen molar-refractivity contribution in [3.05, 3.63) is 63.9 Å². The molecule has 2 rings (SSSR count). The van der Waals surface area contributed by atoms with Crippen molar-refractivity contribution in [2.45, 2.75) is 19.9 Å². The topological polar surface area (TPSA) is 90.8 Å². The SMILES string of the molecule is CC(C)C(NC(=O)c1ccccc1F)C(=O)NN=Cc1cc(Br)ccc1O. The predicted octanol–water partition coefficient (Wildman–Crippen LogP) is 3.20. The fourth-order valence-electron chi connectivity index (χ4n) is 2.26. The molecule has 6 nitrogen and oxygen atoms in total. The van der Waals surface area contributed by atoms with Gasteiger partial charge in [-0.2, -0.15) is 5.10 Å². The van der Waals surface area contributed by atoms with Gasteiger partial charge in [-0.05, 0) is 36.2 Å². The lowest BCUT2D eigenvalue weighted by Gasteiger charge is -2.20. The van der Waals surface area contributed by atoms with Gasteiger partial charge in [0.05, 0.1) is 11.8 Å². The molecule has 0 saturated carbocycles. The highest BCUT2D eigenvalue weighted by atomic mass is 79.9. The molecule has 0 aliphatic rings. The number of carbonyl (C=O) groups excluding carboxylic acids is 2. The van der Waals surface area contributed by atoms with E-state index in [0.29, 0.717) is 5.56 Å². The van der Waals surface area contributed by atoms with Crippen molar-refractivity contribution in [1.29, 1.82) is 0 Å². The number of benzene rings is 2. The quantitative estimate of drug-likeness (QED) is 0.480. The Bertz CT molecular complexity index is 871. The van der Waals surface area contributed by atoms with E-state index in [0.717, 1.165) is 4.47 Å². The molecule has 3 N–H and O–H groups in total. The first-order chi connectivity index (χ1) is 12.8. The fraction of sp³-hybridized carbons (Fsp3) is 0.211. The van der Waals surface area contributed by atoms with Gasteiger partial charge in [0.15, 0.2) is 0 Å². The van der Waals surface area contributed by atoms with Crippen LogP contribution in [0.2, 0.25) is 0 Å². The van der Waals surface area contributed by atoms with E-state index in [2.05, 4.69) is 31.8 Å². The van der Waals surface area contributed by atoms with Crippen LogP contribution in [0.5, 0.6) is 5.75 Å². The number of nitrogens with zero attached hydrogens (tertiary/aromatic N) is 1. The van der Waals surface area contributed by atoms with Crippen LogP contribution in [0.3, 0.4) is 0 Å². The zero-order valence-electron chi connectivity index (χ0n) is 14.7. The summed E-state index contributed by atoms with van der Waals surface area (Å²) in [6, 6.07) is 9.40. The van der Waals surface area contributed by atoms with Crippen LogP contribution in [0.15, 0.2) is 52.0 Å². The van der Waals surface area contributed by atoms with E-state index >= 15 is 0 Å². The summed E-state index contributed by atoms with van der Waals surface area (Å²) in [7, 11) is 0. The molecule has 0 fully saturated rings. The van der Waals surface area contributed by atoms with E-state index < -0.39 is 23.7 Å². The highest BCUT2D eigenvalue weighted by molar-refractivity contribution is 9.10. The van der Waals surface area contributed by atoms with Gasteiger partial charge < -0.3 is 10.4 Å². The first-order valence-electron chi connectivity index (χ1n) is 8.16. The molecule has 1 unspecified atom stereocenters. The predicted molar refractivity (Wildman–Crippen MR) is 104 cm³/mol. The molecule has 0 bridgehead atoms. The van der Waals surface area contributed by atoms with Crippen LogP contribution in [0, 0.1) is 11.7 Å². The number of rotatable bonds is 6. The lowest BCUT2D eigenvalue weighted by Crippen LogP contribution is -2.48. The van der Waals surface area contributed by atoms with Gasteiger partial charge in [0.25, 0.3) is 11.8 Å². The van der Waals surface area contributed by atoms with E-state index in [4.69, 9.17) is 0 Å². The molecule has 0 aliphatic heterocycles. The standard InChI is InChI=1S/C19H19BrFN3O3/c1-11(2)17(23-18(26)14-5-3-4-6-15(14)21)19(27)24-22-10-12-9-13(20)7-8-16(12)25/h3-11,17,25H,1-2H3,(H,23,26)(H,24,27). The number of amides is 2. The molecule has 0 radical (unpaired) electrons. The minimum absolute atomic E-state index is 0.00413. The molecule has 0 saturated heterocycles. The van der Waals surface area contributed by atoms with E-state index in [-0.39, 0.29) is 17.2 Å². The maximum Gasteiger partial charge on any atom is 0.262 e. The Morgan fingerprint density at radius 3 is 2.59 bits per heavy atom. The van der Waals surface area contributed by atoms with Crippen LogP contribution in [0.4, 0.5) is 4.39 Å². The Morgan fingerprint density at radius 2 is 1.93 bits per heavy atom. The summed E-state index contributed by atoms with van der Waals surface area (Å²) in [6.07, 6.45) is 1.29. The Balaban J connectivity index is 2.06. The number of halogens is 2. The molecule has 2 aromatic rings. The highest BCUT2D eigenvalue weighted by Crippen LogP contribution is 2.20. The minimum Gasteiger partial charge on any atom is -0.507 e. The second-order valence-corrected chi connectivity index (χ2v) is 7.03. The third kappa shape index (κ3) is 5.62. The summed E-state index contributed by atoms with van der Waals surface area (Å²) in [5.41, 5.74) is 2.59. The number of nitrogens with one attached hydrogen (secondary N) is 2. The molecule has 142 valence electrons. The average molecular weight is 436 g/mol. The van der Waals surface area contributed by atoms with Crippen LogP contribution in [0.25, 0.3) is 0 Å². The van der Waals surface area contributed by atoms with Crippen molar-refractivity contribution >= 4 is 34.0 Å². The maximum absolute atomic E-state index is 13.7. The average Bonchev–Trinajstić information content (AvgIpc) is 2.62. The van der Waals surface area contributed by atoms with Crippen LogP contribution in [-0.4, -0.2) is 29.2 Å². The minimum atomic E-state index is -0.912. The molecule has 0 aromatic heterocycles. The number of carbonyl (C=O) groups is 2. The summed E-state index contributed by atoms with van der Waals surface area (Å²) in [5.74, 6) is -2.16. The van der Waals surface area contributed by atoms with Gasteiger partial charge in [-0.1, -0.05) is 41.9 Å². The van der Waals surface area contributed by atoms with Crippen LogP contribution >= 0.6 is 15.9 Å². The van der Waals surface area contributed by atoms with Crippen molar-refractivity contribution in [1.82, 2.24) is 10.7 Å². The number of hydrogen-bond acceptors (Lipinski definition) is 4. The zero-order valence-corrected chi connectivity index (χ0v) is 16.3. The largest absolute Gasteiger partial charge is 0.507 e. The Kier molecular flexibility index (Phi) is 7.06. The number of phenols is 1. The maximum atomic E-state index is 13.7. The third-order valence-electron chi connectivity index (χ3n) is 3.72. The number of aromatic hydroxyl groups is 1. The number of hydrazone groups is 1. The molecule has 2 amide bonds. The molecule has 0 aliphatic carbocycles. The molecule has 0 spiro atoms. The summed E-state index contributed by atoms with van der Waals surface area (Å²) < 4.78 is 14.5. The molecular weight excluding hydrogens is 417 g/mol. The van der Waals surface area contributed by atoms with E-state index in [9.17, 15) is 19.1 Å². The second kappa shape index (κ2) is 9.27. The van der Waals surface area contributed by atoms with E-state index in [1.54, 1.807) is 26.0 Å². The summed E-state index contributed by atoms with van der Waals surface area (Å²) in [5, 5.41) is 16.1. The second-order valence-electron chi connectivity index (χ2n) is 6.11. The summed E-state index contributed by atoms with van der Waals surface area (Å²) in [4.78, 5) is 24.6. The van der Waals surface area contributed by atoms with Gasteiger partial charge in [0, 0.05) is 10.0 Å². The zero-order chi connectivity index (χ0) is 20.0. The third-order valence-corrected chi connectivity index (χ3v) is 4.22. The molecular formula is C19H19BrFN3O3.